The van der Waals surface area contributed by atoms with Crippen molar-refractivity contribution < 1.29 is 96.5 Å². The summed E-state index contributed by atoms with van der Waals surface area (Å²) in [6.45, 7) is 19.0. The van der Waals surface area contributed by atoms with Crippen molar-refractivity contribution in [2.45, 2.75) is 216 Å². The van der Waals surface area contributed by atoms with Crippen LogP contribution >= 0.6 is 33.3 Å². The number of ketones is 1. The number of thioether (sulfide) groups is 1. The molecule has 0 aromatic heterocycles. The van der Waals surface area contributed by atoms with E-state index in [0.717, 1.165) is 24.6 Å². The number of amides is 1. The highest BCUT2D eigenvalue weighted by Crippen LogP contribution is 2.50. The number of Topliss-reactive ketones (excluding diaryl/α,β-unsaturated/α-hetero) is 1. The van der Waals surface area contributed by atoms with Gasteiger partial charge in [-0.3, -0.25) is 19.7 Å². The van der Waals surface area contributed by atoms with Gasteiger partial charge in [0.1, 0.15) is 30.5 Å². The zero-order valence-corrected chi connectivity index (χ0v) is 55.9. The van der Waals surface area contributed by atoms with Gasteiger partial charge in [0.25, 0.3) is 0 Å². The van der Waals surface area contributed by atoms with Crippen molar-refractivity contribution in [2.24, 2.45) is 11.8 Å². The van der Waals surface area contributed by atoms with Crippen molar-refractivity contribution in [1.29, 1.82) is 0 Å². The van der Waals surface area contributed by atoms with Gasteiger partial charge in [0, 0.05) is 56.0 Å². The zero-order chi connectivity index (χ0) is 65.0. The fourth-order valence-corrected chi connectivity index (χ4v) is 14.9. The molecule has 0 spiro atoms. The number of allylic oxidation sites excluding steroid dienone is 3. The summed E-state index contributed by atoms with van der Waals surface area (Å²) in [6, 6.07) is -0.711. The smallest absolute Gasteiger partial charge is 0.411 e. The summed E-state index contributed by atoms with van der Waals surface area (Å²) in [5.41, 5.74) is 2.99. The summed E-state index contributed by atoms with van der Waals surface area (Å²) in [4.78, 5) is 48.4. The maximum Gasteiger partial charge on any atom is 0.411 e. The number of rotatable bonds is 24. The number of alkyl carbamates (subject to hydrolysis) is 1. The Labute approximate surface area is 535 Å². The minimum absolute atomic E-state index is 0.0431. The van der Waals surface area contributed by atoms with E-state index in [9.17, 15) is 34.8 Å². The highest BCUT2D eigenvalue weighted by Gasteiger charge is 2.55. The maximum atomic E-state index is 14.6. The summed E-state index contributed by atoms with van der Waals surface area (Å²) < 4.78 is 74.2. The van der Waals surface area contributed by atoms with Crippen LogP contribution in [0.25, 0.3) is 0 Å². The number of aliphatic hydroxyl groups excluding tert-OH is 3. The van der Waals surface area contributed by atoms with Crippen molar-refractivity contribution in [2.75, 3.05) is 54.5 Å². The molecule has 0 unspecified atom stereocenters. The Morgan fingerprint density at radius 2 is 1.57 bits per heavy atom. The zero-order valence-electron chi connectivity index (χ0n) is 53.5. The summed E-state index contributed by atoms with van der Waals surface area (Å²) in [7, 11) is 10.2. The second kappa shape index (κ2) is 33.2. The van der Waals surface area contributed by atoms with Crippen LogP contribution in [0, 0.1) is 49.4 Å². The summed E-state index contributed by atoms with van der Waals surface area (Å²) in [5, 5.41) is 51.0. The number of ether oxygens (including phenoxy) is 12. The largest absolute Gasteiger partial charge is 0.492 e. The minimum atomic E-state index is -1.72. The average molecular weight is 1310 g/mol. The Kier molecular flexibility index (Phi) is 27.0. The third-order valence-corrected chi connectivity index (χ3v) is 20.8. The molecule has 26 heteroatoms. The molecule has 4 heterocycles. The fraction of sp³-hybridized carbons (Fsp3) is 0.698. The number of carbonyl (C=O) groups excluding carboxylic acids is 3. The first kappa shape index (κ1) is 72.4. The second-order valence-electron chi connectivity index (χ2n) is 23.3. The summed E-state index contributed by atoms with van der Waals surface area (Å²) in [6.07, 6.45) is -8.09. The van der Waals surface area contributed by atoms with Crippen molar-refractivity contribution >= 4 is 50.3 Å². The first-order valence-electron chi connectivity index (χ1n) is 30.2. The van der Waals surface area contributed by atoms with Crippen LogP contribution in [-0.4, -0.2) is 206 Å². The lowest BCUT2D eigenvalue weighted by molar-refractivity contribution is -0.331. The van der Waals surface area contributed by atoms with Gasteiger partial charge in [0.15, 0.2) is 36.2 Å². The minimum Gasteiger partial charge on any atom is -0.492 e. The van der Waals surface area contributed by atoms with Crippen LogP contribution in [0.3, 0.4) is 0 Å². The van der Waals surface area contributed by atoms with E-state index < -0.39 is 120 Å². The van der Waals surface area contributed by atoms with Crippen LogP contribution in [0.5, 0.6) is 17.2 Å². The molecule has 5 fully saturated rings. The molecule has 1 aromatic rings. The van der Waals surface area contributed by atoms with Crippen LogP contribution in [-0.2, 0) is 52.3 Å². The van der Waals surface area contributed by atoms with Crippen LogP contribution in [0.15, 0.2) is 35.1 Å². The first-order chi connectivity index (χ1) is 42.5. The predicted molar refractivity (Wildman–Crippen MR) is 335 cm³/mol. The molecular weight excluding hydrogens is 1210 g/mol. The molecule has 7 rings (SSSR count). The van der Waals surface area contributed by atoms with E-state index in [0.29, 0.717) is 40.7 Å². The fourth-order valence-electron chi connectivity index (χ4n) is 11.9. The van der Waals surface area contributed by atoms with Gasteiger partial charge in [0.05, 0.1) is 92.7 Å². The summed E-state index contributed by atoms with van der Waals surface area (Å²) in [5.74, 6) is 11.6. The highest BCUT2D eigenvalue weighted by atomic mass is 33.1. The van der Waals surface area contributed by atoms with E-state index in [4.69, 9.17) is 61.7 Å². The van der Waals surface area contributed by atoms with E-state index in [-0.39, 0.29) is 71.6 Å². The summed E-state index contributed by atoms with van der Waals surface area (Å²) >= 11 is 0.885. The third-order valence-electron chi connectivity index (χ3n) is 16.6. The number of nitrogens with one attached hydrogen (secondary N) is 3. The van der Waals surface area contributed by atoms with E-state index in [1.807, 2.05) is 19.9 Å². The molecule has 4 saturated heterocycles. The van der Waals surface area contributed by atoms with Gasteiger partial charge >= 0.3 is 6.09 Å². The third kappa shape index (κ3) is 17.6. The van der Waals surface area contributed by atoms with Gasteiger partial charge in [-0.05, 0) is 103 Å². The standard InChI is InChI=1S/C63H91N3O20S3/c1-16-18-19-20-21-22-42(48-38(25-26-87-89-31(3)4)63(10,73)29-41(68)50(48)65-62(72)78-15)83-61-55(84-44-28-43(74-11)39(30-79-44)64-17-2)47(37-23-24-37)49(34(7)81-61)66-86-45-27-40(67)58(36(9)80-45)88-59(71)46-32(5)33(6)53(57(77-14)54(46)75-12)85-60-52(70)56(76-13)51(69)35(8)82-60/h19-20,25,31,34-37,39-40,42-45,47,49,51-52,55-56,58,60-61,64,66-67,69-70,73H,17,23-24,26-30H2,1-15H3,(H,65,72)/b20-19-,38-25+/t34-,35+,36-,39+,40+,42+,43+,44+,45+,47+,49-,51+,52-,55-,56-,58-,60+,61+,63+/m1/s1. The molecule has 19 atom stereocenters. The number of carbonyl (C=O) groups is 3. The lowest BCUT2D eigenvalue weighted by Crippen LogP contribution is -2.63. The van der Waals surface area contributed by atoms with Crippen molar-refractivity contribution in [1.82, 2.24) is 16.1 Å². The molecule has 2 aliphatic carbocycles. The number of likely N-dealkylation sites (N-methyl/N-ethyl adjacent to an activating group) is 1. The molecule has 496 valence electrons. The lowest BCUT2D eigenvalue weighted by atomic mass is 9.76. The first-order valence-corrected chi connectivity index (χ1v) is 33.4. The Balaban J connectivity index is 1.17. The monoisotopic (exact) mass is 1310 g/mol. The Morgan fingerprint density at radius 1 is 0.865 bits per heavy atom. The van der Waals surface area contributed by atoms with E-state index in [1.165, 1.54) is 34.5 Å². The van der Waals surface area contributed by atoms with Gasteiger partial charge in [-0.1, -0.05) is 78.0 Å². The normalized spacial score (nSPS) is 34.1. The molecule has 0 bridgehead atoms. The van der Waals surface area contributed by atoms with Gasteiger partial charge in [-0.2, -0.15) is 5.48 Å². The van der Waals surface area contributed by atoms with Crippen molar-refractivity contribution in [3.8, 4) is 40.9 Å². The molecule has 23 nitrogen and oxygen atoms in total. The Bertz CT molecular complexity index is 2820. The number of hydrogen-bond donors (Lipinski definition) is 7. The number of hydroxylamine groups is 1. The maximum absolute atomic E-state index is 14.6. The lowest BCUT2D eigenvalue weighted by Gasteiger charge is -2.49. The number of benzene rings is 1. The van der Waals surface area contributed by atoms with Crippen molar-refractivity contribution in [3.05, 3.63) is 51.8 Å². The number of hydrogen-bond acceptors (Lipinski definition) is 25. The molecule has 89 heavy (non-hydrogen) atoms. The Hall–Kier alpha value is -3.98. The topological polar surface area (TPSA) is 288 Å². The van der Waals surface area contributed by atoms with Crippen molar-refractivity contribution in [3.63, 3.8) is 0 Å². The van der Waals surface area contributed by atoms with Crippen LogP contribution in [0.1, 0.15) is 109 Å². The number of aliphatic hydroxyl groups is 4. The SMILES string of the molecule is CC#C/C=C\C#C[C@H](O[C@@H]1O[C@H](C)[C@@H](NO[C@H]2C[C@H](O)[C@H](SC(=O)c3c(C)c(C)c(O[C@@H]4O[C@@H](C)[C@H](O)[C@@H](OC)[C@H]4O)c(OC)c3OC)[C@@H](C)O2)[C@H](C2CC2)[C@H]1O[C@H]1C[C@H](OC)[C@@H](NCC)CO1)C1=C(NC(=O)OC)C(=O)C[C@](C)(O)/C1=C/CSSC(C)C. The van der Waals surface area contributed by atoms with Gasteiger partial charge in [-0.25, -0.2) is 4.79 Å². The molecule has 1 saturated carbocycles. The van der Waals surface area contributed by atoms with Gasteiger partial charge in [0.2, 0.25) is 17.2 Å². The predicted octanol–water partition coefficient (Wildman–Crippen LogP) is 5.72. The van der Waals surface area contributed by atoms with Crippen LogP contribution in [0.4, 0.5) is 4.79 Å². The molecule has 7 N–H and O–H groups in total. The van der Waals surface area contributed by atoms with Crippen LogP contribution in [0.2, 0.25) is 0 Å². The van der Waals surface area contributed by atoms with E-state index in [1.54, 1.807) is 76.3 Å². The molecule has 1 aromatic carbocycles. The van der Waals surface area contributed by atoms with E-state index in [2.05, 4.69) is 53.6 Å². The average Bonchev–Trinajstić information content (AvgIpc) is 1.50. The Morgan fingerprint density at radius 3 is 2.20 bits per heavy atom. The number of methoxy groups -OCH3 is 5. The molecule has 1 amide bonds. The molecule has 0 radical (unpaired) electrons. The molecule has 4 aliphatic heterocycles. The molecular formula is C63H91N3O20S3. The van der Waals surface area contributed by atoms with Crippen LogP contribution < -0.4 is 30.3 Å². The molecule has 6 aliphatic rings. The van der Waals surface area contributed by atoms with E-state index >= 15 is 0 Å². The highest BCUT2D eigenvalue weighted by molar-refractivity contribution is 8.77. The second-order valence-corrected chi connectivity index (χ2v) is 27.4. The van der Waals surface area contributed by atoms with Gasteiger partial charge < -0.3 is 82.6 Å². The van der Waals surface area contributed by atoms with Gasteiger partial charge in [-0.15, -0.1) is 5.92 Å². The quantitative estimate of drug-likeness (QED) is 0.0282.